The van der Waals surface area contributed by atoms with Crippen LogP contribution >= 0.6 is 0 Å². The molecule has 13 heavy (non-hydrogen) atoms. The Kier molecular flexibility index (Phi) is 3.19. The standard InChI is InChI=1S/C10H20N2O/c13-10-5-1-4-9(10)12-7-8-3-2-6-11-8/h8-13H,1-7H2. The predicted octanol–water partition coefficient (Wildman–Crippen LogP) is 0.241. The van der Waals surface area contributed by atoms with Crippen LogP contribution in [0.1, 0.15) is 32.1 Å². The van der Waals surface area contributed by atoms with Gasteiger partial charge in [-0.25, -0.2) is 0 Å². The summed E-state index contributed by atoms with van der Waals surface area (Å²) in [6, 6.07) is 1.01. The van der Waals surface area contributed by atoms with Crippen LogP contribution in [0.5, 0.6) is 0 Å². The highest BCUT2D eigenvalue weighted by atomic mass is 16.3. The van der Waals surface area contributed by atoms with Crippen molar-refractivity contribution < 1.29 is 5.11 Å². The van der Waals surface area contributed by atoms with Crippen LogP contribution in [0.25, 0.3) is 0 Å². The van der Waals surface area contributed by atoms with E-state index in [-0.39, 0.29) is 6.10 Å². The van der Waals surface area contributed by atoms with Crippen LogP contribution in [0.15, 0.2) is 0 Å². The highest BCUT2D eigenvalue weighted by molar-refractivity contribution is 4.85. The molecule has 0 spiro atoms. The molecule has 1 heterocycles. The normalized spacial score (nSPS) is 39.9. The molecule has 0 aromatic heterocycles. The topological polar surface area (TPSA) is 44.3 Å². The molecule has 0 bridgehead atoms. The number of hydrogen-bond acceptors (Lipinski definition) is 3. The zero-order chi connectivity index (χ0) is 9.10. The molecule has 1 saturated carbocycles. The minimum absolute atomic E-state index is 0.0959. The first-order valence-corrected chi connectivity index (χ1v) is 5.51. The third-order valence-corrected chi connectivity index (χ3v) is 3.27. The van der Waals surface area contributed by atoms with Gasteiger partial charge in [-0.2, -0.15) is 0 Å². The first kappa shape index (κ1) is 9.44. The lowest BCUT2D eigenvalue weighted by molar-refractivity contribution is 0.148. The van der Waals surface area contributed by atoms with E-state index in [1.54, 1.807) is 0 Å². The minimum atomic E-state index is -0.0959. The highest BCUT2D eigenvalue weighted by Crippen LogP contribution is 2.18. The maximum absolute atomic E-state index is 9.58. The number of rotatable bonds is 3. The van der Waals surface area contributed by atoms with Gasteiger partial charge in [-0.1, -0.05) is 0 Å². The van der Waals surface area contributed by atoms with Gasteiger partial charge in [-0.15, -0.1) is 0 Å². The smallest absolute Gasteiger partial charge is 0.0693 e. The van der Waals surface area contributed by atoms with Crippen molar-refractivity contribution >= 4 is 0 Å². The van der Waals surface area contributed by atoms with Crippen molar-refractivity contribution in [2.45, 2.75) is 50.3 Å². The van der Waals surface area contributed by atoms with Gasteiger partial charge in [0.25, 0.3) is 0 Å². The van der Waals surface area contributed by atoms with Gasteiger partial charge in [0.15, 0.2) is 0 Å². The van der Waals surface area contributed by atoms with Gasteiger partial charge in [0.2, 0.25) is 0 Å². The summed E-state index contributed by atoms with van der Waals surface area (Å²) in [4.78, 5) is 0. The molecule has 2 fully saturated rings. The molecule has 2 rings (SSSR count). The SMILES string of the molecule is OC1CCCC1NCC1CCCN1. The number of hydrogen-bond donors (Lipinski definition) is 3. The van der Waals surface area contributed by atoms with E-state index in [1.165, 1.54) is 25.8 Å². The van der Waals surface area contributed by atoms with Crippen molar-refractivity contribution in [1.29, 1.82) is 0 Å². The van der Waals surface area contributed by atoms with E-state index >= 15 is 0 Å². The van der Waals surface area contributed by atoms with Crippen LogP contribution in [0.2, 0.25) is 0 Å². The van der Waals surface area contributed by atoms with E-state index in [4.69, 9.17) is 0 Å². The zero-order valence-electron chi connectivity index (χ0n) is 8.13. The van der Waals surface area contributed by atoms with Gasteiger partial charge in [-0.05, 0) is 38.6 Å². The highest BCUT2D eigenvalue weighted by Gasteiger charge is 2.25. The van der Waals surface area contributed by atoms with Crippen LogP contribution in [-0.2, 0) is 0 Å². The Bertz CT molecular complexity index is 157. The van der Waals surface area contributed by atoms with Crippen LogP contribution < -0.4 is 10.6 Å². The maximum atomic E-state index is 9.58. The molecule has 3 unspecified atom stereocenters. The Labute approximate surface area is 79.9 Å². The van der Waals surface area contributed by atoms with E-state index in [0.717, 1.165) is 19.4 Å². The fraction of sp³-hybridized carbons (Fsp3) is 1.00. The van der Waals surface area contributed by atoms with Gasteiger partial charge in [0.1, 0.15) is 0 Å². The third-order valence-electron chi connectivity index (χ3n) is 3.27. The lowest BCUT2D eigenvalue weighted by Gasteiger charge is -2.19. The van der Waals surface area contributed by atoms with Gasteiger partial charge in [-0.3, -0.25) is 0 Å². The summed E-state index contributed by atoms with van der Waals surface area (Å²) < 4.78 is 0. The fourth-order valence-electron chi connectivity index (χ4n) is 2.40. The Morgan fingerprint density at radius 2 is 2.15 bits per heavy atom. The van der Waals surface area contributed by atoms with Crippen molar-refractivity contribution in [3.8, 4) is 0 Å². The molecular weight excluding hydrogens is 164 g/mol. The molecule has 1 saturated heterocycles. The number of aliphatic hydroxyl groups excluding tert-OH is 1. The summed E-state index contributed by atoms with van der Waals surface area (Å²) in [5.74, 6) is 0. The molecule has 0 aromatic rings. The second kappa shape index (κ2) is 4.40. The van der Waals surface area contributed by atoms with Crippen molar-refractivity contribution in [3.63, 3.8) is 0 Å². The molecule has 0 aromatic carbocycles. The van der Waals surface area contributed by atoms with E-state index in [9.17, 15) is 5.11 Å². The minimum Gasteiger partial charge on any atom is -0.392 e. The Hall–Kier alpha value is -0.120. The average molecular weight is 184 g/mol. The summed E-state index contributed by atoms with van der Waals surface area (Å²) in [6.45, 7) is 2.20. The van der Waals surface area contributed by atoms with E-state index in [2.05, 4.69) is 10.6 Å². The first-order valence-electron chi connectivity index (χ1n) is 5.51. The van der Waals surface area contributed by atoms with Crippen LogP contribution in [0, 0.1) is 0 Å². The first-order chi connectivity index (χ1) is 6.36. The fourth-order valence-corrected chi connectivity index (χ4v) is 2.40. The summed E-state index contributed by atoms with van der Waals surface area (Å²) in [5, 5.41) is 16.5. The number of nitrogens with one attached hydrogen (secondary N) is 2. The molecule has 3 atom stereocenters. The zero-order valence-corrected chi connectivity index (χ0v) is 8.13. The Morgan fingerprint density at radius 1 is 1.23 bits per heavy atom. The lowest BCUT2D eigenvalue weighted by atomic mass is 10.2. The van der Waals surface area contributed by atoms with Gasteiger partial charge >= 0.3 is 0 Å². The van der Waals surface area contributed by atoms with Crippen LogP contribution in [0.4, 0.5) is 0 Å². The molecule has 0 amide bonds. The van der Waals surface area contributed by atoms with Gasteiger partial charge in [0, 0.05) is 18.6 Å². The second-order valence-corrected chi connectivity index (χ2v) is 4.31. The second-order valence-electron chi connectivity index (χ2n) is 4.31. The molecule has 3 nitrogen and oxygen atoms in total. The Balaban J connectivity index is 1.66. The molecule has 2 aliphatic rings. The summed E-state index contributed by atoms with van der Waals surface area (Å²) in [7, 11) is 0. The largest absolute Gasteiger partial charge is 0.392 e. The third kappa shape index (κ3) is 2.42. The van der Waals surface area contributed by atoms with Crippen molar-refractivity contribution in [2.24, 2.45) is 0 Å². The molecule has 0 radical (unpaired) electrons. The Morgan fingerprint density at radius 3 is 2.77 bits per heavy atom. The average Bonchev–Trinajstić information content (AvgIpc) is 2.72. The van der Waals surface area contributed by atoms with Crippen molar-refractivity contribution in [2.75, 3.05) is 13.1 Å². The van der Waals surface area contributed by atoms with E-state index < -0.39 is 0 Å². The van der Waals surface area contributed by atoms with E-state index in [0.29, 0.717) is 12.1 Å². The quantitative estimate of drug-likeness (QED) is 0.589. The van der Waals surface area contributed by atoms with Crippen LogP contribution in [-0.4, -0.2) is 36.4 Å². The van der Waals surface area contributed by atoms with Gasteiger partial charge in [0.05, 0.1) is 6.10 Å². The number of aliphatic hydroxyl groups is 1. The van der Waals surface area contributed by atoms with E-state index in [1.807, 2.05) is 0 Å². The summed E-state index contributed by atoms with van der Waals surface area (Å²) >= 11 is 0. The van der Waals surface area contributed by atoms with Crippen molar-refractivity contribution in [1.82, 2.24) is 10.6 Å². The van der Waals surface area contributed by atoms with Crippen LogP contribution in [0.3, 0.4) is 0 Å². The van der Waals surface area contributed by atoms with Crippen molar-refractivity contribution in [3.05, 3.63) is 0 Å². The summed E-state index contributed by atoms with van der Waals surface area (Å²) in [6.07, 6.45) is 5.80. The lowest BCUT2D eigenvalue weighted by Crippen LogP contribution is -2.42. The molecular formula is C10H20N2O. The van der Waals surface area contributed by atoms with Gasteiger partial charge < -0.3 is 15.7 Å². The molecule has 3 heteroatoms. The predicted molar refractivity (Wildman–Crippen MR) is 52.7 cm³/mol. The molecule has 1 aliphatic carbocycles. The molecule has 76 valence electrons. The monoisotopic (exact) mass is 184 g/mol. The molecule has 3 N–H and O–H groups in total. The molecule has 1 aliphatic heterocycles. The summed E-state index contributed by atoms with van der Waals surface area (Å²) in [5.41, 5.74) is 0. The maximum Gasteiger partial charge on any atom is 0.0693 e.